The van der Waals surface area contributed by atoms with Gasteiger partial charge in [-0.25, -0.2) is 0 Å². The zero-order valence-corrected chi connectivity index (χ0v) is 21.8. The van der Waals surface area contributed by atoms with Gasteiger partial charge in [0.25, 0.3) is 5.91 Å². The van der Waals surface area contributed by atoms with E-state index in [2.05, 4.69) is 15.5 Å². The van der Waals surface area contributed by atoms with Gasteiger partial charge in [-0.2, -0.15) is 0 Å². The van der Waals surface area contributed by atoms with Gasteiger partial charge in [-0.05, 0) is 65.7 Å². The lowest BCUT2D eigenvalue weighted by molar-refractivity contribution is 0.0950. The Kier molecular flexibility index (Phi) is 6.92. The summed E-state index contributed by atoms with van der Waals surface area (Å²) in [7, 11) is 1.63. The van der Waals surface area contributed by atoms with Gasteiger partial charge < -0.3 is 23.9 Å². The van der Waals surface area contributed by atoms with Gasteiger partial charge in [0.05, 0.1) is 19.1 Å². The summed E-state index contributed by atoms with van der Waals surface area (Å²) in [5.41, 5.74) is 3.28. The van der Waals surface area contributed by atoms with Gasteiger partial charge in [-0.1, -0.05) is 36.0 Å². The largest absolute Gasteiger partial charge is 0.497 e. The predicted octanol–water partition coefficient (Wildman–Crippen LogP) is 5.49. The summed E-state index contributed by atoms with van der Waals surface area (Å²) < 4.78 is 23.7. The molecular weight excluding hydrogens is 516 g/mol. The normalized spacial score (nSPS) is 11.9. The number of thioether (sulfide) groups is 1. The van der Waals surface area contributed by atoms with Crippen molar-refractivity contribution in [3.63, 3.8) is 0 Å². The topological polar surface area (TPSA) is 101 Å². The molecule has 2 aromatic heterocycles. The van der Waals surface area contributed by atoms with Gasteiger partial charge in [0.15, 0.2) is 22.4 Å². The van der Waals surface area contributed by atoms with Crippen LogP contribution < -0.4 is 19.5 Å². The highest BCUT2D eigenvalue weighted by molar-refractivity contribution is 7.98. The molecule has 10 heteroatoms. The van der Waals surface area contributed by atoms with Crippen molar-refractivity contribution >= 4 is 17.7 Å². The molecule has 39 heavy (non-hydrogen) atoms. The first-order valence-electron chi connectivity index (χ1n) is 12.2. The van der Waals surface area contributed by atoms with Gasteiger partial charge >= 0.3 is 0 Å². The van der Waals surface area contributed by atoms with Crippen LogP contribution in [-0.4, -0.2) is 34.6 Å². The lowest BCUT2D eigenvalue weighted by atomic mass is 10.1. The average molecular weight is 541 g/mol. The van der Waals surface area contributed by atoms with Crippen molar-refractivity contribution in [3.8, 4) is 34.5 Å². The van der Waals surface area contributed by atoms with Crippen LogP contribution in [0.2, 0.25) is 0 Å². The number of furan rings is 1. The van der Waals surface area contributed by atoms with Crippen LogP contribution in [0.15, 0.2) is 94.7 Å². The fraction of sp³-hybridized carbons (Fsp3) is 0.138. The van der Waals surface area contributed by atoms with Gasteiger partial charge in [-0.15, -0.1) is 10.2 Å². The monoisotopic (exact) mass is 540 g/mol. The quantitative estimate of drug-likeness (QED) is 0.245. The highest BCUT2D eigenvalue weighted by atomic mass is 32.2. The van der Waals surface area contributed by atoms with E-state index in [4.69, 9.17) is 18.6 Å². The minimum Gasteiger partial charge on any atom is -0.497 e. The number of fused-ring (bicyclic) bond motifs is 1. The molecule has 0 unspecified atom stereocenters. The number of nitrogens with zero attached hydrogens (tertiary/aromatic N) is 3. The molecule has 0 spiro atoms. The third-order valence-electron chi connectivity index (χ3n) is 6.21. The van der Waals surface area contributed by atoms with E-state index in [0.717, 1.165) is 22.6 Å². The van der Waals surface area contributed by atoms with Crippen LogP contribution in [0, 0.1) is 0 Å². The van der Waals surface area contributed by atoms with E-state index < -0.39 is 0 Å². The molecule has 0 bridgehead atoms. The van der Waals surface area contributed by atoms with Crippen molar-refractivity contribution in [2.24, 2.45) is 0 Å². The van der Waals surface area contributed by atoms with Crippen LogP contribution in [0.5, 0.6) is 17.2 Å². The number of carbonyl (C=O) groups excluding carboxylic acids is 1. The van der Waals surface area contributed by atoms with E-state index in [0.29, 0.717) is 46.1 Å². The van der Waals surface area contributed by atoms with Crippen molar-refractivity contribution < 1.29 is 23.4 Å². The van der Waals surface area contributed by atoms with Crippen LogP contribution in [0.4, 0.5) is 0 Å². The van der Waals surface area contributed by atoms with Crippen molar-refractivity contribution in [3.05, 3.63) is 102 Å². The molecule has 1 amide bonds. The van der Waals surface area contributed by atoms with Gasteiger partial charge in [0.2, 0.25) is 12.6 Å². The Labute approximate surface area is 228 Å². The number of aromatic nitrogens is 3. The average Bonchev–Trinajstić information content (AvgIpc) is 3.75. The van der Waals surface area contributed by atoms with Crippen molar-refractivity contribution in [2.75, 3.05) is 13.9 Å². The first-order chi connectivity index (χ1) is 19.2. The zero-order valence-electron chi connectivity index (χ0n) is 21.0. The summed E-state index contributed by atoms with van der Waals surface area (Å²) in [4.78, 5) is 13.2. The number of hydrogen-bond acceptors (Lipinski definition) is 8. The second-order valence-electron chi connectivity index (χ2n) is 8.63. The number of hydrogen-bond donors (Lipinski definition) is 1. The molecular formula is C29H24N4O5S. The van der Waals surface area contributed by atoms with Gasteiger partial charge in [0.1, 0.15) is 5.75 Å². The van der Waals surface area contributed by atoms with Crippen LogP contribution in [0.25, 0.3) is 17.3 Å². The van der Waals surface area contributed by atoms with Gasteiger partial charge in [-0.3, -0.25) is 9.36 Å². The summed E-state index contributed by atoms with van der Waals surface area (Å²) >= 11 is 1.49. The minimum atomic E-state index is -0.156. The molecule has 196 valence electrons. The standard InChI is InChI=1S/C29H24N4O5S/c1-35-22-11-9-21(10-12-22)33-27(25-7-4-14-36-25)31-32-29(33)39-17-20-5-2-3-6-23(20)28(34)30-16-19-8-13-24-26(15-19)38-18-37-24/h2-15H,16-18H2,1H3,(H,30,34). The number of methoxy groups -OCH3 is 1. The van der Waals surface area contributed by atoms with E-state index in [-0.39, 0.29) is 12.7 Å². The molecule has 1 N–H and O–H groups in total. The van der Waals surface area contributed by atoms with E-state index in [9.17, 15) is 4.79 Å². The first kappa shape index (κ1) is 24.6. The second kappa shape index (κ2) is 11.0. The molecule has 0 fully saturated rings. The molecule has 0 aliphatic carbocycles. The van der Waals surface area contributed by atoms with Crippen molar-refractivity contribution in [2.45, 2.75) is 17.5 Å². The highest BCUT2D eigenvalue weighted by Gasteiger charge is 2.20. The maximum absolute atomic E-state index is 13.2. The number of nitrogens with one attached hydrogen (secondary N) is 1. The maximum atomic E-state index is 13.2. The Morgan fingerprint density at radius 2 is 1.85 bits per heavy atom. The Morgan fingerprint density at radius 3 is 2.67 bits per heavy atom. The number of benzene rings is 3. The van der Waals surface area contributed by atoms with Crippen molar-refractivity contribution in [1.29, 1.82) is 0 Å². The molecule has 1 aliphatic rings. The molecule has 5 aromatic rings. The molecule has 0 radical (unpaired) electrons. The predicted molar refractivity (Wildman–Crippen MR) is 145 cm³/mol. The first-order valence-corrected chi connectivity index (χ1v) is 13.2. The number of rotatable bonds is 9. The second-order valence-corrected chi connectivity index (χ2v) is 9.58. The summed E-state index contributed by atoms with van der Waals surface area (Å²) in [5, 5.41) is 12.5. The Hall–Kier alpha value is -4.70. The molecule has 0 atom stereocenters. The van der Waals surface area contributed by atoms with E-state index >= 15 is 0 Å². The summed E-state index contributed by atoms with van der Waals surface area (Å²) in [6, 6.07) is 24.5. The molecule has 0 saturated heterocycles. The fourth-order valence-corrected chi connectivity index (χ4v) is 5.19. The fourth-order valence-electron chi connectivity index (χ4n) is 4.23. The Bertz CT molecular complexity index is 1600. The Balaban J connectivity index is 1.21. The maximum Gasteiger partial charge on any atom is 0.251 e. The summed E-state index contributed by atoms with van der Waals surface area (Å²) in [6.07, 6.45) is 1.60. The summed E-state index contributed by atoms with van der Waals surface area (Å²) in [5.74, 6) is 3.70. The smallest absolute Gasteiger partial charge is 0.251 e. The third-order valence-corrected chi connectivity index (χ3v) is 7.19. The highest BCUT2D eigenvalue weighted by Crippen LogP contribution is 2.33. The number of carbonyl (C=O) groups is 1. The molecule has 1 aliphatic heterocycles. The number of amides is 1. The van der Waals surface area contributed by atoms with E-state index in [1.807, 2.05) is 83.4 Å². The van der Waals surface area contributed by atoms with E-state index in [1.54, 1.807) is 13.4 Å². The molecule has 3 aromatic carbocycles. The van der Waals surface area contributed by atoms with Gasteiger partial charge in [0, 0.05) is 17.9 Å². The molecule has 3 heterocycles. The lowest BCUT2D eigenvalue weighted by Gasteiger charge is -2.12. The van der Waals surface area contributed by atoms with Crippen LogP contribution in [-0.2, 0) is 12.3 Å². The van der Waals surface area contributed by atoms with Crippen LogP contribution in [0.1, 0.15) is 21.5 Å². The van der Waals surface area contributed by atoms with Crippen LogP contribution >= 0.6 is 11.8 Å². The summed E-state index contributed by atoms with van der Waals surface area (Å²) in [6.45, 7) is 0.584. The minimum absolute atomic E-state index is 0.156. The van der Waals surface area contributed by atoms with Crippen molar-refractivity contribution in [1.82, 2.24) is 20.1 Å². The van der Waals surface area contributed by atoms with E-state index in [1.165, 1.54) is 11.8 Å². The zero-order chi connectivity index (χ0) is 26.6. The number of ether oxygens (including phenoxy) is 3. The Morgan fingerprint density at radius 1 is 1.00 bits per heavy atom. The lowest BCUT2D eigenvalue weighted by Crippen LogP contribution is -2.23. The SMILES string of the molecule is COc1ccc(-n2c(SCc3ccccc3C(=O)NCc3ccc4c(c3)OCO4)nnc2-c2ccco2)cc1. The molecule has 0 saturated carbocycles. The third kappa shape index (κ3) is 5.19. The van der Waals surface area contributed by atoms with Crippen LogP contribution in [0.3, 0.4) is 0 Å². The molecule has 6 rings (SSSR count). The molecule has 9 nitrogen and oxygen atoms in total.